The highest BCUT2D eigenvalue weighted by Crippen LogP contribution is 2.51. The molecule has 23 heavy (non-hydrogen) atoms. The van der Waals surface area contributed by atoms with E-state index in [9.17, 15) is 9.59 Å². The molecular weight excluding hydrogens is 292 g/mol. The van der Waals surface area contributed by atoms with Gasteiger partial charge < -0.3 is 0 Å². The van der Waals surface area contributed by atoms with Gasteiger partial charge in [0.05, 0.1) is 0 Å². The van der Waals surface area contributed by atoms with Crippen LogP contribution >= 0.6 is 0 Å². The zero-order valence-electron chi connectivity index (χ0n) is 14.7. The van der Waals surface area contributed by atoms with Crippen LogP contribution in [0.3, 0.4) is 0 Å². The van der Waals surface area contributed by atoms with E-state index in [2.05, 4.69) is 37.9 Å². The molecule has 0 bridgehead atoms. The molecule has 0 radical (unpaired) electrons. The van der Waals surface area contributed by atoms with E-state index >= 15 is 0 Å². The number of rotatable bonds is 8. The van der Waals surface area contributed by atoms with Gasteiger partial charge >= 0.3 is 0 Å². The van der Waals surface area contributed by atoms with Gasteiger partial charge in [-0.05, 0) is 25.7 Å². The summed E-state index contributed by atoms with van der Waals surface area (Å²) >= 11 is 0. The number of carbonyl (C=O) groups is 2. The highest BCUT2D eigenvalue weighted by molar-refractivity contribution is 5.96. The number of hydrogen-bond acceptors (Lipinski definition) is 4. The lowest BCUT2D eigenvalue weighted by Crippen LogP contribution is -2.45. The number of hydrogen-bond donors (Lipinski definition) is 2. The third-order valence-electron chi connectivity index (χ3n) is 5.11. The first-order valence-electron chi connectivity index (χ1n) is 8.03. The maximum absolute atomic E-state index is 12.0. The second kappa shape index (κ2) is 5.91. The number of nitrogens with one attached hydrogen (secondary N) is 2. The number of carbonyl (C=O) groups excluding carboxylic acids is 2. The third kappa shape index (κ3) is 4.06. The molecule has 2 aliphatic rings. The van der Waals surface area contributed by atoms with E-state index in [1.807, 2.05) is 0 Å². The summed E-state index contributed by atoms with van der Waals surface area (Å²) in [5.41, 5.74) is 7.31. The molecule has 2 saturated carbocycles. The molecule has 2 rings (SSSR count). The van der Waals surface area contributed by atoms with Gasteiger partial charge in [-0.2, -0.15) is 0 Å². The SMILES string of the molecule is C=C(N(C)NC(=O)CC(=O)NN(C)C(=C)C1(C)CC1)C1(C)CC1. The van der Waals surface area contributed by atoms with Gasteiger partial charge in [-0.15, -0.1) is 0 Å². The van der Waals surface area contributed by atoms with E-state index in [1.54, 1.807) is 24.1 Å². The van der Waals surface area contributed by atoms with Crippen LogP contribution in [-0.2, 0) is 9.59 Å². The van der Waals surface area contributed by atoms with Crippen molar-refractivity contribution < 1.29 is 9.59 Å². The Morgan fingerprint density at radius 2 is 1.17 bits per heavy atom. The smallest absolute Gasteiger partial charge is 0.247 e. The van der Waals surface area contributed by atoms with Crippen LogP contribution in [0.15, 0.2) is 24.6 Å². The molecule has 2 fully saturated rings. The molecule has 0 heterocycles. The van der Waals surface area contributed by atoms with Crippen LogP contribution in [0.25, 0.3) is 0 Å². The Hall–Kier alpha value is -1.98. The summed E-state index contributed by atoms with van der Waals surface area (Å²) < 4.78 is 0. The Bertz CT molecular complexity index is 499. The first-order valence-corrected chi connectivity index (χ1v) is 8.03. The summed E-state index contributed by atoms with van der Waals surface area (Å²) in [6, 6.07) is 0. The van der Waals surface area contributed by atoms with Gasteiger partial charge in [0.2, 0.25) is 11.8 Å². The topological polar surface area (TPSA) is 64.7 Å². The van der Waals surface area contributed by atoms with E-state index < -0.39 is 0 Å². The summed E-state index contributed by atoms with van der Waals surface area (Å²) in [5.74, 6) is -0.709. The van der Waals surface area contributed by atoms with Crippen molar-refractivity contribution in [1.29, 1.82) is 0 Å². The molecule has 6 heteroatoms. The van der Waals surface area contributed by atoms with Crippen molar-refractivity contribution in [3.05, 3.63) is 24.6 Å². The minimum atomic E-state index is -0.355. The predicted molar refractivity (Wildman–Crippen MR) is 89.4 cm³/mol. The van der Waals surface area contributed by atoms with Gasteiger partial charge in [-0.3, -0.25) is 30.5 Å². The number of nitrogens with zero attached hydrogens (tertiary/aromatic N) is 2. The van der Waals surface area contributed by atoms with Crippen molar-refractivity contribution in [2.75, 3.05) is 14.1 Å². The second-order valence-corrected chi connectivity index (χ2v) is 7.38. The largest absolute Gasteiger partial charge is 0.293 e. The molecule has 0 aromatic heterocycles. The zero-order valence-corrected chi connectivity index (χ0v) is 14.7. The van der Waals surface area contributed by atoms with Crippen LogP contribution in [0.1, 0.15) is 46.0 Å². The van der Waals surface area contributed by atoms with Crippen molar-refractivity contribution in [2.24, 2.45) is 10.8 Å². The molecule has 128 valence electrons. The molecule has 2 amide bonds. The summed E-state index contributed by atoms with van der Waals surface area (Å²) in [4.78, 5) is 24.0. The Morgan fingerprint density at radius 1 is 0.870 bits per heavy atom. The minimum absolute atomic E-state index is 0.0853. The van der Waals surface area contributed by atoms with Gasteiger partial charge in [0.15, 0.2) is 0 Å². The molecule has 2 aliphatic carbocycles. The van der Waals surface area contributed by atoms with Gasteiger partial charge in [0.25, 0.3) is 0 Å². The van der Waals surface area contributed by atoms with Gasteiger partial charge in [0.1, 0.15) is 6.42 Å². The monoisotopic (exact) mass is 320 g/mol. The fourth-order valence-electron chi connectivity index (χ4n) is 2.50. The highest BCUT2D eigenvalue weighted by atomic mass is 16.2. The average Bonchev–Trinajstić information content (AvgIpc) is 3.37. The summed E-state index contributed by atoms with van der Waals surface area (Å²) in [6.07, 6.45) is 4.09. The first-order chi connectivity index (χ1) is 10.6. The van der Waals surface area contributed by atoms with E-state index in [1.165, 1.54) is 0 Å². The summed E-state index contributed by atoms with van der Waals surface area (Å²) in [5, 5.41) is 3.24. The number of hydrazine groups is 2. The number of amides is 2. The minimum Gasteiger partial charge on any atom is -0.293 e. The molecule has 0 aliphatic heterocycles. The van der Waals surface area contributed by atoms with Crippen LogP contribution in [0.5, 0.6) is 0 Å². The molecule has 0 atom stereocenters. The molecule has 0 unspecified atom stereocenters. The molecule has 0 aromatic rings. The Kier molecular flexibility index (Phi) is 4.46. The zero-order chi connectivity index (χ0) is 17.4. The lowest BCUT2D eigenvalue weighted by molar-refractivity contribution is -0.133. The maximum atomic E-state index is 12.0. The second-order valence-electron chi connectivity index (χ2n) is 7.38. The van der Waals surface area contributed by atoms with E-state index in [4.69, 9.17) is 0 Å². The van der Waals surface area contributed by atoms with Crippen LogP contribution in [0.2, 0.25) is 0 Å². The van der Waals surface area contributed by atoms with Gasteiger partial charge in [-0.25, -0.2) is 0 Å². The Balaban J connectivity index is 1.75. The molecule has 2 N–H and O–H groups in total. The van der Waals surface area contributed by atoms with Crippen LogP contribution in [-0.4, -0.2) is 35.9 Å². The highest BCUT2D eigenvalue weighted by Gasteiger charge is 2.43. The standard InChI is InChI=1S/C17H28N4O2/c1-12(16(3)7-8-16)20(5)18-14(22)11-15(23)19-21(6)13(2)17(4)9-10-17/h1-2,7-11H2,3-6H3,(H,18,22)(H,19,23). The van der Waals surface area contributed by atoms with Crippen molar-refractivity contribution in [3.8, 4) is 0 Å². The Morgan fingerprint density at radius 3 is 1.43 bits per heavy atom. The van der Waals surface area contributed by atoms with Crippen LogP contribution in [0.4, 0.5) is 0 Å². The van der Waals surface area contributed by atoms with Crippen LogP contribution in [0, 0.1) is 10.8 Å². The molecule has 0 aromatic carbocycles. The molecule has 0 saturated heterocycles. The lowest BCUT2D eigenvalue weighted by atomic mass is 10.1. The van der Waals surface area contributed by atoms with E-state index in [0.29, 0.717) is 0 Å². The fraction of sp³-hybridized carbons (Fsp3) is 0.647. The summed E-state index contributed by atoms with van der Waals surface area (Å²) in [7, 11) is 3.51. The quantitative estimate of drug-likeness (QED) is 0.530. The summed E-state index contributed by atoms with van der Waals surface area (Å²) in [6.45, 7) is 12.3. The van der Waals surface area contributed by atoms with Crippen molar-refractivity contribution >= 4 is 11.8 Å². The third-order valence-corrected chi connectivity index (χ3v) is 5.11. The van der Waals surface area contributed by atoms with Gasteiger partial charge in [0, 0.05) is 36.3 Å². The van der Waals surface area contributed by atoms with Crippen molar-refractivity contribution in [1.82, 2.24) is 20.9 Å². The molecule has 0 spiro atoms. The average molecular weight is 320 g/mol. The van der Waals surface area contributed by atoms with Crippen molar-refractivity contribution in [3.63, 3.8) is 0 Å². The van der Waals surface area contributed by atoms with E-state index in [-0.39, 0.29) is 29.1 Å². The first kappa shape index (κ1) is 17.4. The molecular formula is C17H28N4O2. The number of allylic oxidation sites excluding steroid dienone is 2. The van der Waals surface area contributed by atoms with Crippen molar-refractivity contribution in [2.45, 2.75) is 46.0 Å². The molecule has 6 nitrogen and oxygen atoms in total. The van der Waals surface area contributed by atoms with Crippen LogP contribution < -0.4 is 10.9 Å². The maximum Gasteiger partial charge on any atom is 0.247 e. The Labute approximate surface area is 138 Å². The van der Waals surface area contributed by atoms with E-state index in [0.717, 1.165) is 37.1 Å². The fourth-order valence-corrected chi connectivity index (χ4v) is 2.50. The predicted octanol–water partition coefficient (Wildman–Crippen LogP) is 1.93. The normalized spacial score (nSPS) is 19.3. The lowest BCUT2D eigenvalue weighted by Gasteiger charge is -2.28. The van der Waals surface area contributed by atoms with Gasteiger partial charge in [-0.1, -0.05) is 27.0 Å².